The summed E-state index contributed by atoms with van der Waals surface area (Å²) in [5, 5.41) is 3.96. The number of carbonyl (C=O) groups excluding carboxylic acids is 1. The molecule has 1 amide bonds. The van der Waals surface area contributed by atoms with E-state index in [0.717, 1.165) is 18.7 Å². The molecule has 3 rings (SSSR count). The van der Waals surface area contributed by atoms with Crippen molar-refractivity contribution in [2.75, 3.05) is 32.7 Å². The topological polar surface area (TPSA) is 35.6 Å². The first-order valence-corrected chi connectivity index (χ1v) is 9.63. The van der Waals surface area contributed by atoms with Crippen molar-refractivity contribution >= 4 is 17.5 Å². The van der Waals surface area contributed by atoms with E-state index in [1.54, 1.807) is 6.07 Å². The summed E-state index contributed by atoms with van der Waals surface area (Å²) in [5.41, 5.74) is 1.69. The number of amides is 1. The van der Waals surface area contributed by atoms with Crippen molar-refractivity contribution in [2.45, 2.75) is 19.5 Å². The van der Waals surface area contributed by atoms with Gasteiger partial charge in [-0.3, -0.25) is 9.69 Å². The lowest BCUT2D eigenvalue weighted by atomic mass is 10.1. The molecule has 2 aromatic rings. The first-order chi connectivity index (χ1) is 13.0. The summed E-state index contributed by atoms with van der Waals surface area (Å²) >= 11 is 6.21. The predicted octanol–water partition coefficient (Wildman–Crippen LogP) is 3.47. The molecule has 0 aliphatic carbocycles. The van der Waals surface area contributed by atoms with E-state index < -0.39 is 0 Å². The van der Waals surface area contributed by atoms with Gasteiger partial charge in [0.25, 0.3) is 0 Å². The lowest BCUT2D eigenvalue weighted by molar-refractivity contribution is -0.132. The third-order valence-corrected chi connectivity index (χ3v) is 5.35. The van der Waals surface area contributed by atoms with E-state index in [0.29, 0.717) is 30.2 Å². The zero-order valence-electron chi connectivity index (χ0n) is 15.5. The Morgan fingerprint density at radius 3 is 2.48 bits per heavy atom. The van der Waals surface area contributed by atoms with Gasteiger partial charge < -0.3 is 10.2 Å². The van der Waals surface area contributed by atoms with Gasteiger partial charge in [-0.2, -0.15) is 0 Å². The average molecular weight is 390 g/mol. The molecule has 0 bridgehead atoms. The first kappa shape index (κ1) is 19.8. The Morgan fingerprint density at radius 1 is 1.11 bits per heavy atom. The maximum atomic E-state index is 13.8. The Bertz CT molecular complexity index is 778. The lowest BCUT2D eigenvalue weighted by Gasteiger charge is -2.35. The zero-order chi connectivity index (χ0) is 19.2. The average Bonchev–Trinajstić information content (AvgIpc) is 2.68. The number of hydrogen-bond acceptors (Lipinski definition) is 3. The van der Waals surface area contributed by atoms with Crippen molar-refractivity contribution in [1.82, 2.24) is 15.1 Å². The largest absolute Gasteiger partial charge is 0.339 e. The maximum absolute atomic E-state index is 13.8. The summed E-state index contributed by atoms with van der Waals surface area (Å²) in [7, 11) is 0. The van der Waals surface area contributed by atoms with Gasteiger partial charge in [0, 0.05) is 49.4 Å². The van der Waals surface area contributed by atoms with Crippen molar-refractivity contribution in [3.05, 3.63) is 70.5 Å². The second kappa shape index (κ2) is 9.31. The van der Waals surface area contributed by atoms with E-state index >= 15 is 0 Å². The van der Waals surface area contributed by atoms with Crippen LogP contribution in [0.1, 0.15) is 24.1 Å². The summed E-state index contributed by atoms with van der Waals surface area (Å²) < 4.78 is 13.8. The summed E-state index contributed by atoms with van der Waals surface area (Å²) in [6, 6.07) is 14.5. The number of carbonyl (C=O) groups is 1. The maximum Gasteiger partial charge on any atom is 0.236 e. The molecule has 1 N–H and O–H groups in total. The van der Waals surface area contributed by atoms with Gasteiger partial charge in [0.2, 0.25) is 5.91 Å². The number of rotatable bonds is 6. The molecule has 0 spiro atoms. The molecule has 1 heterocycles. The van der Waals surface area contributed by atoms with Gasteiger partial charge >= 0.3 is 0 Å². The normalized spacial score (nSPS) is 16.3. The van der Waals surface area contributed by atoms with E-state index in [1.165, 1.54) is 6.07 Å². The monoisotopic (exact) mass is 389 g/mol. The Kier molecular flexibility index (Phi) is 6.83. The van der Waals surface area contributed by atoms with Crippen LogP contribution in [0.3, 0.4) is 0 Å². The molecule has 2 aromatic carbocycles. The fourth-order valence-electron chi connectivity index (χ4n) is 3.31. The van der Waals surface area contributed by atoms with E-state index in [9.17, 15) is 9.18 Å². The molecule has 27 heavy (non-hydrogen) atoms. The molecule has 1 saturated heterocycles. The molecule has 0 unspecified atom stereocenters. The van der Waals surface area contributed by atoms with Crippen LogP contribution in [0.5, 0.6) is 0 Å². The number of piperazine rings is 1. The molecule has 0 radical (unpaired) electrons. The van der Waals surface area contributed by atoms with Crippen molar-refractivity contribution in [3.63, 3.8) is 0 Å². The van der Waals surface area contributed by atoms with Crippen LogP contribution in [0.4, 0.5) is 4.39 Å². The summed E-state index contributed by atoms with van der Waals surface area (Å²) in [6.07, 6.45) is 0. The van der Waals surface area contributed by atoms with Gasteiger partial charge in [-0.1, -0.05) is 48.0 Å². The predicted molar refractivity (Wildman–Crippen MR) is 106 cm³/mol. The standard InChI is InChI=1S/C21H25ClFN3O/c1-16(18-7-3-4-8-19(18)22)24-14-21(27)26-12-10-25(11-13-26)15-17-6-2-5-9-20(17)23/h2-9,16,24H,10-15H2,1H3/t16-/m1/s1. The van der Waals surface area contributed by atoms with Crippen LogP contribution in [0.15, 0.2) is 48.5 Å². The molecule has 4 nitrogen and oxygen atoms in total. The molecule has 1 aliphatic heterocycles. The number of nitrogens with zero attached hydrogens (tertiary/aromatic N) is 2. The van der Waals surface area contributed by atoms with Gasteiger partial charge in [0.15, 0.2) is 0 Å². The van der Waals surface area contributed by atoms with Gasteiger partial charge in [0.05, 0.1) is 6.54 Å². The minimum atomic E-state index is -0.172. The van der Waals surface area contributed by atoms with E-state index in [2.05, 4.69) is 10.2 Å². The van der Waals surface area contributed by atoms with Crippen LogP contribution in [0.2, 0.25) is 5.02 Å². The van der Waals surface area contributed by atoms with Gasteiger partial charge in [-0.05, 0) is 24.6 Å². The van der Waals surface area contributed by atoms with Gasteiger partial charge in [0.1, 0.15) is 5.82 Å². The number of hydrogen-bond donors (Lipinski definition) is 1. The Labute approximate surface area is 164 Å². The second-order valence-electron chi connectivity index (χ2n) is 6.87. The molecule has 1 fully saturated rings. The molecular formula is C21H25ClFN3O. The second-order valence-corrected chi connectivity index (χ2v) is 7.28. The highest BCUT2D eigenvalue weighted by Crippen LogP contribution is 2.22. The van der Waals surface area contributed by atoms with Crippen molar-refractivity contribution in [1.29, 1.82) is 0 Å². The fourth-order valence-corrected chi connectivity index (χ4v) is 3.61. The third-order valence-electron chi connectivity index (χ3n) is 5.01. The van der Waals surface area contributed by atoms with Gasteiger partial charge in [-0.25, -0.2) is 4.39 Å². The Hall–Kier alpha value is -1.95. The van der Waals surface area contributed by atoms with Crippen molar-refractivity contribution in [2.24, 2.45) is 0 Å². The molecule has 0 saturated carbocycles. The summed E-state index contributed by atoms with van der Waals surface area (Å²) in [5.74, 6) is -0.0896. The molecule has 6 heteroatoms. The number of halogens is 2. The van der Waals surface area contributed by atoms with E-state index in [-0.39, 0.29) is 24.3 Å². The Morgan fingerprint density at radius 2 is 1.78 bits per heavy atom. The first-order valence-electron chi connectivity index (χ1n) is 9.26. The van der Waals surface area contributed by atoms with E-state index in [4.69, 9.17) is 11.6 Å². The highest BCUT2D eigenvalue weighted by Gasteiger charge is 2.22. The lowest BCUT2D eigenvalue weighted by Crippen LogP contribution is -2.50. The quantitative estimate of drug-likeness (QED) is 0.821. The van der Waals surface area contributed by atoms with Crippen LogP contribution in [-0.2, 0) is 11.3 Å². The fraction of sp³-hybridized carbons (Fsp3) is 0.381. The van der Waals surface area contributed by atoms with Crippen LogP contribution in [0.25, 0.3) is 0 Å². The molecular weight excluding hydrogens is 365 g/mol. The molecule has 1 atom stereocenters. The van der Waals surface area contributed by atoms with Crippen molar-refractivity contribution < 1.29 is 9.18 Å². The minimum Gasteiger partial charge on any atom is -0.339 e. The van der Waals surface area contributed by atoms with Gasteiger partial charge in [-0.15, -0.1) is 0 Å². The number of benzene rings is 2. The van der Waals surface area contributed by atoms with Crippen LogP contribution < -0.4 is 5.32 Å². The summed E-state index contributed by atoms with van der Waals surface area (Å²) in [4.78, 5) is 16.5. The smallest absolute Gasteiger partial charge is 0.236 e. The van der Waals surface area contributed by atoms with Crippen molar-refractivity contribution in [3.8, 4) is 0 Å². The minimum absolute atomic E-state index is 0.00462. The summed E-state index contributed by atoms with van der Waals surface area (Å²) in [6.45, 7) is 5.68. The van der Waals surface area contributed by atoms with E-state index in [1.807, 2.05) is 48.2 Å². The molecule has 1 aliphatic rings. The van der Waals surface area contributed by atoms with Crippen LogP contribution >= 0.6 is 11.6 Å². The highest BCUT2D eigenvalue weighted by atomic mass is 35.5. The molecule has 144 valence electrons. The van der Waals surface area contributed by atoms with Crippen LogP contribution in [-0.4, -0.2) is 48.4 Å². The Balaban J connectivity index is 1.45. The SMILES string of the molecule is C[C@@H](NCC(=O)N1CCN(Cc2ccccc2F)CC1)c1ccccc1Cl. The highest BCUT2D eigenvalue weighted by molar-refractivity contribution is 6.31. The molecule has 0 aromatic heterocycles. The van der Waals surface area contributed by atoms with Crippen LogP contribution in [0, 0.1) is 5.82 Å². The zero-order valence-corrected chi connectivity index (χ0v) is 16.3. The third kappa shape index (κ3) is 5.28. The number of nitrogens with one attached hydrogen (secondary N) is 1.